The second kappa shape index (κ2) is 6.58. The zero-order valence-corrected chi connectivity index (χ0v) is 12.5. The third kappa shape index (κ3) is 3.40. The monoisotopic (exact) mass is 269 g/mol. The average Bonchev–Trinajstić information content (AvgIpc) is 2.46. The number of nitrogens with two attached hydrogens (primary N) is 1. The van der Waals surface area contributed by atoms with Crippen LogP contribution in [0.2, 0.25) is 0 Å². The Kier molecular flexibility index (Phi) is 4.80. The van der Waals surface area contributed by atoms with Gasteiger partial charge in [0.2, 0.25) is 0 Å². The zero-order valence-electron chi connectivity index (χ0n) is 12.5. The van der Waals surface area contributed by atoms with Gasteiger partial charge < -0.3 is 10.5 Å². The lowest BCUT2D eigenvalue weighted by Crippen LogP contribution is -2.09. The molecule has 1 unspecified atom stereocenters. The van der Waals surface area contributed by atoms with E-state index < -0.39 is 0 Å². The van der Waals surface area contributed by atoms with Gasteiger partial charge in [0.1, 0.15) is 12.4 Å². The quantitative estimate of drug-likeness (QED) is 0.892. The number of benzene rings is 2. The Morgan fingerprint density at radius 3 is 2.20 bits per heavy atom. The molecule has 2 heteroatoms. The normalized spacial score (nSPS) is 12.2. The molecule has 2 aromatic carbocycles. The number of hydrogen-bond donors (Lipinski definition) is 1. The summed E-state index contributed by atoms with van der Waals surface area (Å²) in [6, 6.07) is 14.6. The van der Waals surface area contributed by atoms with Crippen molar-refractivity contribution in [3.8, 4) is 5.75 Å². The molecule has 2 aromatic rings. The van der Waals surface area contributed by atoms with E-state index in [-0.39, 0.29) is 0 Å². The van der Waals surface area contributed by atoms with Gasteiger partial charge in [-0.15, -0.1) is 0 Å². The van der Waals surface area contributed by atoms with Gasteiger partial charge >= 0.3 is 0 Å². The van der Waals surface area contributed by atoms with Crippen molar-refractivity contribution >= 4 is 0 Å². The average molecular weight is 269 g/mol. The fourth-order valence-corrected chi connectivity index (χ4v) is 2.36. The highest BCUT2D eigenvalue weighted by Crippen LogP contribution is 2.28. The van der Waals surface area contributed by atoms with E-state index >= 15 is 0 Å². The van der Waals surface area contributed by atoms with Gasteiger partial charge in [0, 0.05) is 0 Å². The van der Waals surface area contributed by atoms with Crippen molar-refractivity contribution in [1.29, 1.82) is 0 Å². The minimum absolute atomic E-state index is 0.385. The number of hydrogen-bond acceptors (Lipinski definition) is 2. The van der Waals surface area contributed by atoms with Gasteiger partial charge in [0.15, 0.2) is 0 Å². The maximum Gasteiger partial charge on any atom is 0.125 e. The van der Waals surface area contributed by atoms with E-state index in [9.17, 15) is 0 Å². The molecule has 0 heterocycles. The Morgan fingerprint density at radius 1 is 1.05 bits per heavy atom. The van der Waals surface area contributed by atoms with Gasteiger partial charge in [-0.3, -0.25) is 0 Å². The van der Waals surface area contributed by atoms with Gasteiger partial charge in [-0.05, 0) is 48.6 Å². The second-order valence-electron chi connectivity index (χ2n) is 5.39. The molecule has 0 spiro atoms. The Hall–Kier alpha value is -1.80. The molecule has 2 rings (SSSR count). The summed E-state index contributed by atoms with van der Waals surface area (Å²) in [6.07, 6.45) is 0. The van der Waals surface area contributed by atoms with Crippen molar-refractivity contribution in [2.24, 2.45) is 5.73 Å². The van der Waals surface area contributed by atoms with Crippen molar-refractivity contribution in [1.82, 2.24) is 0 Å². The molecule has 0 bridgehead atoms. The lowest BCUT2D eigenvalue weighted by atomic mass is 9.96. The van der Waals surface area contributed by atoms with E-state index in [0.717, 1.165) is 5.75 Å². The van der Waals surface area contributed by atoms with Crippen LogP contribution in [-0.4, -0.2) is 6.54 Å². The molecule has 0 aliphatic carbocycles. The van der Waals surface area contributed by atoms with E-state index in [2.05, 4.69) is 45.0 Å². The predicted molar refractivity (Wildman–Crippen MR) is 84.2 cm³/mol. The molecule has 0 aromatic heterocycles. The third-order valence-electron chi connectivity index (χ3n) is 3.63. The molecule has 0 fully saturated rings. The molecule has 0 aliphatic rings. The van der Waals surface area contributed by atoms with E-state index in [4.69, 9.17) is 10.5 Å². The smallest absolute Gasteiger partial charge is 0.125 e. The summed E-state index contributed by atoms with van der Waals surface area (Å²) in [5, 5.41) is 0. The summed E-state index contributed by atoms with van der Waals surface area (Å²) in [7, 11) is 0. The molecule has 0 radical (unpaired) electrons. The fourth-order valence-electron chi connectivity index (χ4n) is 2.36. The lowest BCUT2D eigenvalue weighted by Gasteiger charge is -2.16. The predicted octanol–water partition coefficient (Wildman–Crippen LogP) is 3.94. The van der Waals surface area contributed by atoms with Gasteiger partial charge in [-0.2, -0.15) is 0 Å². The topological polar surface area (TPSA) is 35.2 Å². The van der Waals surface area contributed by atoms with E-state index in [1.807, 2.05) is 18.2 Å². The van der Waals surface area contributed by atoms with E-state index in [0.29, 0.717) is 19.1 Å². The van der Waals surface area contributed by atoms with Crippen LogP contribution in [0.5, 0.6) is 5.75 Å². The third-order valence-corrected chi connectivity index (χ3v) is 3.63. The molecule has 0 amide bonds. The van der Waals surface area contributed by atoms with E-state index in [1.165, 1.54) is 22.3 Å². The molecule has 2 N–H and O–H groups in total. The summed E-state index contributed by atoms with van der Waals surface area (Å²) >= 11 is 0. The standard InChI is InChI=1S/C18H23NO/c1-13-9-17(15(3)11-19)10-14(2)18(13)20-12-16-7-5-4-6-8-16/h4-10,15H,11-12,19H2,1-3H3. The molecule has 0 aliphatic heterocycles. The van der Waals surface area contributed by atoms with Gasteiger partial charge in [-0.1, -0.05) is 49.4 Å². The van der Waals surface area contributed by atoms with Crippen molar-refractivity contribution in [3.63, 3.8) is 0 Å². The molecule has 106 valence electrons. The first-order valence-corrected chi connectivity index (χ1v) is 7.09. The molecular formula is C18H23NO. The minimum Gasteiger partial charge on any atom is -0.488 e. The van der Waals surface area contributed by atoms with Crippen LogP contribution in [0.1, 0.15) is 35.1 Å². The molecule has 1 atom stereocenters. The van der Waals surface area contributed by atoms with Gasteiger partial charge in [0.25, 0.3) is 0 Å². The maximum absolute atomic E-state index is 5.99. The maximum atomic E-state index is 5.99. The molecule has 0 saturated heterocycles. The van der Waals surface area contributed by atoms with Crippen LogP contribution in [0.4, 0.5) is 0 Å². The van der Waals surface area contributed by atoms with Crippen molar-refractivity contribution in [2.75, 3.05) is 6.54 Å². The number of aryl methyl sites for hydroxylation is 2. The highest BCUT2D eigenvalue weighted by molar-refractivity contribution is 5.44. The summed E-state index contributed by atoms with van der Waals surface area (Å²) in [5.74, 6) is 1.37. The SMILES string of the molecule is Cc1cc(C(C)CN)cc(C)c1OCc1ccccc1. The Bertz CT molecular complexity index is 540. The molecule has 20 heavy (non-hydrogen) atoms. The molecular weight excluding hydrogens is 246 g/mol. The Morgan fingerprint density at radius 2 is 1.65 bits per heavy atom. The summed E-state index contributed by atoms with van der Waals surface area (Å²) in [4.78, 5) is 0. The lowest BCUT2D eigenvalue weighted by molar-refractivity contribution is 0.302. The van der Waals surface area contributed by atoms with Crippen LogP contribution < -0.4 is 10.5 Å². The van der Waals surface area contributed by atoms with Crippen LogP contribution in [-0.2, 0) is 6.61 Å². The van der Waals surface area contributed by atoms with Crippen LogP contribution >= 0.6 is 0 Å². The summed E-state index contributed by atoms with van der Waals surface area (Å²) in [6.45, 7) is 7.62. The second-order valence-corrected chi connectivity index (χ2v) is 5.39. The van der Waals surface area contributed by atoms with Crippen LogP contribution in [0.15, 0.2) is 42.5 Å². The Balaban J connectivity index is 2.16. The highest BCUT2D eigenvalue weighted by Gasteiger charge is 2.10. The van der Waals surface area contributed by atoms with Crippen LogP contribution in [0, 0.1) is 13.8 Å². The number of ether oxygens (including phenoxy) is 1. The molecule has 2 nitrogen and oxygen atoms in total. The Labute approximate surface area is 121 Å². The highest BCUT2D eigenvalue weighted by atomic mass is 16.5. The first-order chi connectivity index (χ1) is 9.61. The summed E-state index contributed by atoms with van der Waals surface area (Å²) < 4.78 is 5.99. The minimum atomic E-state index is 0.385. The first kappa shape index (κ1) is 14.6. The van der Waals surface area contributed by atoms with Crippen molar-refractivity contribution < 1.29 is 4.74 Å². The van der Waals surface area contributed by atoms with Crippen LogP contribution in [0.3, 0.4) is 0 Å². The largest absolute Gasteiger partial charge is 0.488 e. The van der Waals surface area contributed by atoms with Gasteiger partial charge in [-0.25, -0.2) is 0 Å². The zero-order chi connectivity index (χ0) is 14.5. The first-order valence-electron chi connectivity index (χ1n) is 7.09. The van der Waals surface area contributed by atoms with E-state index in [1.54, 1.807) is 0 Å². The number of rotatable bonds is 5. The van der Waals surface area contributed by atoms with Crippen molar-refractivity contribution in [3.05, 3.63) is 64.7 Å². The fraction of sp³-hybridized carbons (Fsp3) is 0.333. The van der Waals surface area contributed by atoms with Crippen molar-refractivity contribution in [2.45, 2.75) is 33.3 Å². The summed E-state index contributed by atoms with van der Waals surface area (Å²) in [5.41, 5.74) is 10.6. The molecule has 0 saturated carbocycles. The van der Waals surface area contributed by atoms with Gasteiger partial charge in [0.05, 0.1) is 0 Å². The van der Waals surface area contributed by atoms with Crippen LogP contribution in [0.25, 0.3) is 0 Å².